The maximum absolute atomic E-state index is 6.31. The summed E-state index contributed by atoms with van der Waals surface area (Å²) >= 11 is 0. The SMILES string of the molecule is c1ccc(CN2CC[C@@H]3O[C@@H](COCc4cccnc4)CC[C@@H]32)nc1. The van der Waals surface area contributed by atoms with Crippen molar-refractivity contribution < 1.29 is 9.47 Å². The molecule has 5 heteroatoms. The Kier molecular flexibility index (Phi) is 5.35. The van der Waals surface area contributed by atoms with E-state index in [1.54, 1.807) is 6.20 Å². The van der Waals surface area contributed by atoms with Crippen LogP contribution in [0.15, 0.2) is 48.9 Å². The van der Waals surface area contributed by atoms with Crippen LogP contribution in [0.2, 0.25) is 0 Å². The molecular formula is C20H25N3O2. The standard InChI is InChI=1S/C20H25N3O2/c1-2-10-22-17(5-1)13-23-11-8-20-19(23)7-6-18(25-20)15-24-14-16-4-3-9-21-12-16/h1-5,9-10,12,18-20H,6-8,11,13-15H2/t18-,19+,20+/m1/s1. The van der Waals surface area contributed by atoms with Crippen LogP contribution >= 0.6 is 0 Å². The van der Waals surface area contributed by atoms with Gasteiger partial charge < -0.3 is 9.47 Å². The number of ether oxygens (including phenoxy) is 2. The molecule has 4 heterocycles. The van der Waals surface area contributed by atoms with E-state index in [0.29, 0.717) is 25.4 Å². The molecule has 3 atom stereocenters. The van der Waals surface area contributed by atoms with Gasteiger partial charge in [0.15, 0.2) is 0 Å². The minimum Gasteiger partial charge on any atom is -0.374 e. The second-order valence-electron chi connectivity index (χ2n) is 6.90. The zero-order valence-corrected chi connectivity index (χ0v) is 14.5. The summed E-state index contributed by atoms with van der Waals surface area (Å²) in [7, 11) is 0. The van der Waals surface area contributed by atoms with Crippen molar-refractivity contribution in [2.45, 2.75) is 50.7 Å². The zero-order chi connectivity index (χ0) is 16.9. The molecule has 0 bridgehead atoms. The third kappa shape index (κ3) is 4.24. The summed E-state index contributed by atoms with van der Waals surface area (Å²) in [5.41, 5.74) is 2.25. The Hall–Kier alpha value is -1.82. The van der Waals surface area contributed by atoms with E-state index < -0.39 is 0 Å². The van der Waals surface area contributed by atoms with Gasteiger partial charge in [-0.05, 0) is 43.0 Å². The minimum absolute atomic E-state index is 0.215. The highest BCUT2D eigenvalue weighted by molar-refractivity contribution is 5.07. The molecule has 0 aromatic carbocycles. The molecule has 0 saturated carbocycles. The van der Waals surface area contributed by atoms with Crippen LogP contribution in [0, 0.1) is 0 Å². The minimum atomic E-state index is 0.215. The summed E-state index contributed by atoms with van der Waals surface area (Å²) < 4.78 is 12.2. The van der Waals surface area contributed by atoms with Gasteiger partial charge in [0.1, 0.15) is 0 Å². The molecule has 25 heavy (non-hydrogen) atoms. The third-order valence-corrected chi connectivity index (χ3v) is 5.14. The molecule has 0 N–H and O–H groups in total. The van der Waals surface area contributed by atoms with Gasteiger partial charge >= 0.3 is 0 Å². The van der Waals surface area contributed by atoms with Gasteiger partial charge in [-0.3, -0.25) is 14.9 Å². The first-order valence-electron chi connectivity index (χ1n) is 9.14. The van der Waals surface area contributed by atoms with Crippen molar-refractivity contribution in [3.63, 3.8) is 0 Å². The van der Waals surface area contributed by atoms with Gasteiger partial charge in [0.05, 0.1) is 31.1 Å². The van der Waals surface area contributed by atoms with Crippen LogP contribution in [0.5, 0.6) is 0 Å². The van der Waals surface area contributed by atoms with Crippen molar-refractivity contribution in [2.24, 2.45) is 0 Å². The summed E-state index contributed by atoms with van der Waals surface area (Å²) in [6.07, 6.45) is 9.41. The van der Waals surface area contributed by atoms with Crippen molar-refractivity contribution in [1.82, 2.24) is 14.9 Å². The lowest BCUT2D eigenvalue weighted by molar-refractivity contribution is -0.102. The fourth-order valence-corrected chi connectivity index (χ4v) is 3.90. The second-order valence-corrected chi connectivity index (χ2v) is 6.90. The van der Waals surface area contributed by atoms with Gasteiger partial charge in [0.25, 0.3) is 0 Å². The molecule has 2 aromatic rings. The van der Waals surface area contributed by atoms with Crippen LogP contribution in [0.25, 0.3) is 0 Å². The number of hydrogen-bond acceptors (Lipinski definition) is 5. The first kappa shape index (κ1) is 16.6. The Labute approximate surface area is 149 Å². The molecule has 0 aliphatic carbocycles. The van der Waals surface area contributed by atoms with E-state index in [9.17, 15) is 0 Å². The molecule has 0 radical (unpaired) electrons. The van der Waals surface area contributed by atoms with Gasteiger partial charge in [-0.25, -0.2) is 0 Å². The average molecular weight is 339 g/mol. The summed E-state index contributed by atoms with van der Waals surface area (Å²) in [6, 6.07) is 10.6. The van der Waals surface area contributed by atoms with Crippen LogP contribution in [-0.4, -0.2) is 46.3 Å². The van der Waals surface area contributed by atoms with Gasteiger partial charge in [0, 0.05) is 37.7 Å². The lowest BCUT2D eigenvalue weighted by Crippen LogP contribution is -2.43. The highest BCUT2D eigenvalue weighted by Gasteiger charge is 2.39. The lowest BCUT2D eigenvalue weighted by Gasteiger charge is -2.35. The molecule has 0 amide bonds. The van der Waals surface area contributed by atoms with Gasteiger partial charge in [-0.15, -0.1) is 0 Å². The van der Waals surface area contributed by atoms with E-state index in [1.165, 1.54) is 6.42 Å². The highest BCUT2D eigenvalue weighted by atomic mass is 16.5. The molecular weight excluding hydrogens is 314 g/mol. The predicted molar refractivity (Wildman–Crippen MR) is 94.8 cm³/mol. The fraction of sp³-hybridized carbons (Fsp3) is 0.500. The first-order valence-corrected chi connectivity index (χ1v) is 9.14. The summed E-state index contributed by atoms with van der Waals surface area (Å²) in [6.45, 7) is 3.29. The van der Waals surface area contributed by atoms with Gasteiger partial charge in [-0.1, -0.05) is 12.1 Å². The highest BCUT2D eigenvalue weighted by Crippen LogP contribution is 2.32. The van der Waals surface area contributed by atoms with Crippen molar-refractivity contribution in [3.8, 4) is 0 Å². The molecule has 132 valence electrons. The number of fused-ring (bicyclic) bond motifs is 1. The largest absolute Gasteiger partial charge is 0.374 e. The third-order valence-electron chi connectivity index (χ3n) is 5.14. The molecule has 4 rings (SSSR count). The van der Waals surface area contributed by atoms with Crippen molar-refractivity contribution in [3.05, 3.63) is 60.2 Å². The Morgan fingerprint density at radius 2 is 2.12 bits per heavy atom. The summed E-state index contributed by atoms with van der Waals surface area (Å²) in [4.78, 5) is 11.1. The normalized spacial score (nSPS) is 26.5. The molecule has 5 nitrogen and oxygen atoms in total. The van der Waals surface area contributed by atoms with Gasteiger partial charge in [0.2, 0.25) is 0 Å². The molecule has 2 saturated heterocycles. The number of nitrogens with zero attached hydrogens (tertiary/aromatic N) is 3. The van der Waals surface area contributed by atoms with E-state index in [-0.39, 0.29) is 6.10 Å². The molecule has 2 aliphatic rings. The number of hydrogen-bond donors (Lipinski definition) is 0. The van der Waals surface area contributed by atoms with Crippen LogP contribution < -0.4 is 0 Å². The topological polar surface area (TPSA) is 47.5 Å². The van der Waals surface area contributed by atoms with Crippen LogP contribution in [0.4, 0.5) is 0 Å². The van der Waals surface area contributed by atoms with E-state index >= 15 is 0 Å². The smallest absolute Gasteiger partial charge is 0.0813 e. The Morgan fingerprint density at radius 1 is 1.12 bits per heavy atom. The van der Waals surface area contributed by atoms with Crippen molar-refractivity contribution in [2.75, 3.05) is 13.2 Å². The number of pyridine rings is 2. The quantitative estimate of drug-likeness (QED) is 0.810. The number of aromatic nitrogens is 2. The second kappa shape index (κ2) is 8.04. The molecule has 2 fully saturated rings. The predicted octanol–water partition coefficient (Wildman–Crippen LogP) is 2.82. The van der Waals surface area contributed by atoms with Crippen LogP contribution in [0.3, 0.4) is 0 Å². The van der Waals surface area contributed by atoms with Crippen LogP contribution in [-0.2, 0) is 22.6 Å². The van der Waals surface area contributed by atoms with E-state index in [4.69, 9.17) is 9.47 Å². The Balaban J connectivity index is 1.24. The van der Waals surface area contributed by atoms with Crippen molar-refractivity contribution in [1.29, 1.82) is 0 Å². The Morgan fingerprint density at radius 3 is 2.96 bits per heavy atom. The van der Waals surface area contributed by atoms with E-state index in [1.807, 2.05) is 30.6 Å². The number of likely N-dealkylation sites (tertiary alicyclic amines) is 1. The fourth-order valence-electron chi connectivity index (χ4n) is 3.90. The summed E-state index contributed by atoms with van der Waals surface area (Å²) in [5, 5.41) is 0. The Bertz CT molecular complexity index is 653. The summed E-state index contributed by atoms with van der Waals surface area (Å²) in [5.74, 6) is 0. The van der Waals surface area contributed by atoms with Crippen LogP contribution in [0.1, 0.15) is 30.5 Å². The van der Waals surface area contributed by atoms with E-state index in [2.05, 4.69) is 27.0 Å². The maximum Gasteiger partial charge on any atom is 0.0813 e. The molecule has 0 spiro atoms. The first-order chi connectivity index (χ1) is 12.4. The molecule has 0 unspecified atom stereocenters. The zero-order valence-electron chi connectivity index (χ0n) is 14.5. The maximum atomic E-state index is 6.31. The molecule has 2 aliphatic heterocycles. The van der Waals surface area contributed by atoms with E-state index in [0.717, 1.165) is 37.2 Å². The monoisotopic (exact) mass is 339 g/mol. The van der Waals surface area contributed by atoms with Crippen molar-refractivity contribution >= 4 is 0 Å². The lowest BCUT2D eigenvalue weighted by atomic mass is 9.99. The average Bonchev–Trinajstić information content (AvgIpc) is 3.06. The van der Waals surface area contributed by atoms with Gasteiger partial charge in [-0.2, -0.15) is 0 Å². The number of rotatable bonds is 6. The molecule has 2 aromatic heterocycles.